The number of anilines is 1. The molecule has 0 bridgehead atoms. The van der Waals surface area contributed by atoms with Gasteiger partial charge in [0.1, 0.15) is 5.69 Å². The Balaban J connectivity index is 1.95. The molecular weight excluding hydrogens is 414 g/mol. The van der Waals surface area contributed by atoms with E-state index in [0.29, 0.717) is 0 Å². The standard InChI is InChI=1S/C26H43N5S/c1-7-30(8-2)19-17-28(5)23-13-11-22(12-14-23)27-25-16-15-24(21-26(25)32)29(6)18-20-31(9-3)10-4/h11,13-16,21,32H,7-10,12,17-20H2,1-6H3/p+1. The zero-order chi connectivity index (χ0) is 23.5. The first-order chi connectivity index (χ1) is 15.4. The summed E-state index contributed by atoms with van der Waals surface area (Å²) in [5, 5.41) is 0. The third kappa shape index (κ3) is 7.98. The van der Waals surface area contributed by atoms with Crippen LogP contribution in [0.4, 0.5) is 11.4 Å². The van der Waals surface area contributed by atoms with Crippen LogP contribution in [0, 0.1) is 0 Å². The summed E-state index contributed by atoms with van der Waals surface area (Å²) in [7, 11) is 4.33. The normalized spacial score (nSPS) is 15.0. The van der Waals surface area contributed by atoms with Gasteiger partial charge in [-0.2, -0.15) is 0 Å². The van der Waals surface area contributed by atoms with Gasteiger partial charge < -0.3 is 19.6 Å². The van der Waals surface area contributed by atoms with E-state index in [2.05, 4.69) is 110 Å². The molecule has 0 radical (unpaired) electrons. The molecule has 32 heavy (non-hydrogen) atoms. The largest absolute Gasteiger partial charge is 0.374 e. The maximum atomic E-state index is 4.90. The monoisotopic (exact) mass is 458 g/mol. The number of hydrogen-bond donors (Lipinski definition) is 0. The zero-order valence-corrected chi connectivity index (χ0v) is 22.1. The second kappa shape index (κ2) is 13.7. The van der Waals surface area contributed by atoms with E-state index in [0.717, 1.165) is 75.1 Å². The quantitative estimate of drug-likeness (QED) is 0.417. The zero-order valence-electron chi connectivity index (χ0n) is 21.1. The Morgan fingerprint density at radius 3 is 1.91 bits per heavy atom. The first-order valence-electron chi connectivity index (χ1n) is 12.1. The topological polar surface area (TPSA) is 25.3 Å². The van der Waals surface area contributed by atoms with Gasteiger partial charge in [-0.15, -0.1) is 0 Å². The van der Waals surface area contributed by atoms with Crippen molar-refractivity contribution in [1.29, 1.82) is 0 Å². The van der Waals surface area contributed by atoms with Crippen molar-refractivity contribution in [1.82, 2.24) is 14.7 Å². The number of hydrogen-bond acceptors (Lipinski definition) is 5. The predicted molar refractivity (Wildman–Crippen MR) is 145 cm³/mol. The van der Waals surface area contributed by atoms with Gasteiger partial charge in [0, 0.05) is 69.9 Å². The lowest BCUT2D eigenvalue weighted by atomic mass is 10.1. The lowest BCUT2D eigenvalue weighted by Crippen LogP contribution is -2.33. The second-order valence-corrected chi connectivity index (χ2v) is 8.91. The van der Waals surface area contributed by atoms with Crippen molar-refractivity contribution in [2.75, 3.05) is 71.4 Å². The van der Waals surface area contributed by atoms with E-state index in [4.69, 9.17) is 4.99 Å². The van der Waals surface area contributed by atoms with Crippen molar-refractivity contribution < 1.29 is 0 Å². The average Bonchev–Trinajstić information content (AvgIpc) is 2.81. The van der Waals surface area contributed by atoms with Crippen LogP contribution in [0.1, 0.15) is 34.1 Å². The number of rotatable bonds is 13. The van der Waals surface area contributed by atoms with Gasteiger partial charge in [-0.1, -0.05) is 33.8 Å². The SMILES string of the molecule is CCN(CC)CCN(C)C1=CCC(=Nc2ccc(N(C)CCN(CC)CC)cc2[SH2+])C=C1. The molecule has 178 valence electrons. The average molecular weight is 459 g/mol. The number of nitrogens with zero attached hydrogens (tertiary/aromatic N) is 5. The summed E-state index contributed by atoms with van der Waals surface area (Å²) in [5.41, 5.74) is 4.56. The van der Waals surface area contributed by atoms with Crippen molar-refractivity contribution in [2.24, 2.45) is 4.99 Å². The minimum absolute atomic E-state index is 0.860. The van der Waals surface area contributed by atoms with E-state index < -0.39 is 0 Å². The number of benzene rings is 1. The van der Waals surface area contributed by atoms with Crippen LogP contribution in [-0.2, 0) is 12.6 Å². The molecule has 0 spiro atoms. The smallest absolute Gasteiger partial charge is 0.178 e. The van der Waals surface area contributed by atoms with Gasteiger partial charge in [0.25, 0.3) is 0 Å². The molecule has 0 unspecified atom stereocenters. The lowest BCUT2D eigenvalue weighted by Gasteiger charge is -2.26. The molecule has 0 aromatic heterocycles. The lowest BCUT2D eigenvalue weighted by molar-refractivity contribution is 0.267. The number of aliphatic imine (C=N–C) groups is 1. The Bertz CT molecular complexity index is 793. The van der Waals surface area contributed by atoms with Crippen LogP contribution < -0.4 is 4.90 Å². The van der Waals surface area contributed by atoms with Gasteiger partial charge in [-0.3, -0.25) is 0 Å². The van der Waals surface area contributed by atoms with Crippen LogP contribution in [0.15, 0.2) is 52.0 Å². The van der Waals surface area contributed by atoms with Crippen molar-refractivity contribution in [3.8, 4) is 0 Å². The third-order valence-corrected chi connectivity index (χ3v) is 6.79. The molecule has 1 aliphatic carbocycles. The Morgan fingerprint density at radius 1 is 0.812 bits per heavy atom. The molecule has 0 fully saturated rings. The Hall–Kier alpha value is -1.76. The molecule has 1 aliphatic rings. The van der Waals surface area contributed by atoms with Crippen LogP contribution in [0.5, 0.6) is 0 Å². The van der Waals surface area contributed by atoms with E-state index in [1.807, 2.05) is 0 Å². The summed E-state index contributed by atoms with van der Waals surface area (Å²) in [6, 6.07) is 6.45. The van der Waals surface area contributed by atoms with Gasteiger partial charge in [-0.25, -0.2) is 4.99 Å². The van der Waals surface area contributed by atoms with Crippen LogP contribution in [-0.4, -0.2) is 86.9 Å². The molecule has 0 heterocycles. The van der Waals surface area contributed by atoms with Crippen LogP contribution in [0.3, 0.4) is 0 Å². The summed E-state index contributed by atoms with van der Waals surface area (Å²) in [6.45, 7) is 17.5. The first-order valence-corrected chi connectivity index (χ1v) is 12.6. The molecule has 0 amide bonds. The molecule has 0 N–H and O–H groups in total. The van der Waals surface area contributed by atoms with Gasteiger partial charge in [0.2, 0.25) is 0 Å². The molecule has 6 heteroatoms. The summed E-state index contributed by atoms with van der Waals surface area (Å²) < 4.78 is 0. The number of likely N-dealkylation sites (N-methyl/N-ethyl adjacent to an activating group) is 4. The van der Waals surface area contributed by atoms with Gasteiger partial charge in [0.05, 0.1) is 0 Å². The summed E-state index contributed by atoms with van der Waals surface area (Å²) >= 11 is 3.79. The summed E-state index contributed by atoms with van der Waals surface area (Å²) in [4.78, 5) is 15.5. The molecule has 1 aromatic rings. The predicted octanol–water partition coefficient (Wildman–Crippen LogP) is 4.02. The highest BCUT2D eigenvalue weighted by Gasteiger charge is 2.12. The number of allylic oxidation sites excluding steroid dienone is 3. The van der Waals surface area contributed by atoms with E-state index in [1.165, 1.54) is 11.4 Å². The van der Waals surface area contributed by atoms with Gasteiger partial charge >= 0.3 is 0 Å². The van der Waals surface area contributed by atoms with Crippen LogP contribution in [0.25, 0.3) is 0 Å². The highest BCUT2D eigenvalue weighted by Crippen LogP contribution is 2.26. The fraction of sp³-hybridized carbons (Fsp3) is 0.577. The minimum Gasteiger partial charge on any atom is -0.374 e. The fourth-order valence-corrected chi connectivity index (χ4v) is 4.11. The van der Waals surface area contributed by atoms with Crippen LogP contribution in [0.2, 0.25) is 0 Å². The van der Waals surface area contributed by atoms with E-state index in [1.54, 1.807) is 0 Å². The Kier molecular flexibility index (Phi) is 11.4. The molecule has 0 aliphatic heterocycles. The second-order valence-electron chi connectivity index (χ2n) is 8.37. The highest BCUT2D eigenvalue weighted by molar-refractivity contribution is 7.59. The van der Waals surface area contributed by atoms with Gasteiger partial charge in [-0.05, 0) is 63.1 Å². The molecule has 2 rings (SSSR count). The van der Waals surface area contributed by atoms with Crippen molar-refractivity contribution in [2.45, 2.75) is 39.0 Å². The fourth-order valence-electron chi connectivity index (χ4n) is 3.83. The van der Waals surface area contributed by atoms with E-state index in [-0.39, 0.29) is 0 Å². The van der Waals surface area contributed by atoms with Gasteiger partial charge in [0.15, 0.2) is 4.90 Å². The third-order valence-electron chi connectivity index (χ3n) is 6.38. The molecule has 0 saturated heterocycles. The molecule has 0 atom stereocenters. The van der Waals surface area contributed by atoms with Crippen LogP contribution >= 0.6 is 0 Å². The first kappa shape index (κ1) is 26.5. The maximum absolute atomic E-state index is 4.90. The minimum atomic E-state index is 0.860. The summed E-state index contributed by atoms with van der Waals surface area (Å²) in [6.07, 6.45) is 7.48. The summed E-state index contributed by atoms with van der Waals surface area (Å²) in [5.74, 6) is 0. The van der Waals surface area contributed by atoms with E-state index in [9.17, 15) is 0 Å². The molecule has 0 saturated carbocycles. The van der Waals surface area contributed by atoms with E-state index >= 15 is 0 Å². The maximum Gasteiger partial charge on any atom is 0.178 e. The Labute approximate surface area is 201 Å². The van der Waals surface area contributed by atoms with Crippen molar-refractivity contribution >= 4 is 29.7 Å². The Morgan fingerprint density at radius 2 is 1.41 bits per heavy atom. The molecule has 1 aromatic carbocycles. The van der Waals surface area contributed by atoms with Crippen molar-refractivity contribution in [3.63, 3.8) is 0 Å². The highest BCUT2D eigenvalue weighted by atomic mass is 32.1. The molecular formula is C26H44N5S+. The van der Waals surface area contributed by atoms with Crippen molar-refractivity contribution in [3.05, 3.63) is 42.1 Å². The molecule has 5 nitrogen and oxygen atoms in total.